The monoisotopic (exact) mass is 379 g/mol. The van der Waals surface area contributed by atoms with Crippen molar-refractivity contribution in [2.75, 3.05) is 19.3 Å². The molecule has 3 aromatic rings. The van der Waals surface area contributed by atoms with Gasteiger partial charge in [-0.05, 0) is 43.4 Å². The Labute approximate surface area is 162 Å². The largest absolute Gasteiger partial charge is 0.451 e. The Kier molecular flexibility index (Phi) is 5.03. The van der Waals surface area contributed by atoms with Gasteiger partial charge < -0.3 is 9.32 Å². The maximum absolute atomic E-state index is 12.9. The van der Waals surface area contributed by atoms with Crippen molar-refractivity contribution in [2.45, 2.75) is 17.7 Å². The van der Waals surface area contributed by atoms with E-state index in [1.165, 1.54) is 0 Å². The topological polar surface area (TPSA) is 50.5 Å². The second-order valence-corrected chi connectivity index (χ2v) is 7.71. The Morgan fingerprint density at radius 2 is 1.89 bits per heavy atom. The maximum Gasteiger partial charge on any atom is 0.289 e. The fourth-order valence-corrected chi connectivity index (χ4v) is 4.02. The van der Waals surface area contributed by atoms with E-state index in [-0.39, 0.29) is 17.6 Å². The minimum absolute atomic E-state index is 0.116. The van der Waals surface area contributed by atoms with Gasteiger partial charge in [-0.15, -0.1) is 11.8 Å². The summed E-state index contributed by atoms with van der Waals surface area (Å²) in [6.45, 7) is 1.10. The Morgan fingerprint density at radius 3 is 2.63 bits per heavy atom. The van der Waals surface area contributed by atoms with Gasteiger partial charge in [0, 0.05) is 34.9 Å². The molecule has 0 unspecified atom stereocenters. The van der Waals surface area contributed by atoms with E-state index in [0.717, 1.165) is 28.7 Å². The van der Waals surface area contributed by atoms with Crippen LogP contribution in [0.2, 0.25) is 0 Å². The first-order valence-corrected chi connectivity index (χ1v) is 10.3. The number of fused-ring (bicyclic) bond motifs is 1. The summed E-state index contributed by atoms with van der Waals surface area (Å²) in [7, 11) is 0. The SMILES string of the molecule is CSc1ccc(C(=O)[C@H]2CCCN(C(=O)c3cc4ccccc4o3)C2)cc1. The van der Waals surface area contributed by atoms with Gasteiger partial charge in [0.2, 0.25) is 0 Å². The molecule has 0 radical (unpaired) electrons. The van der Waals surface area contributed by atoms with Crippen LogP contribution in [0.4, 0.5) is 0 Å². The number of piperidine rings is 1. The molecule has 0 N–H and O–H groups in total. The summed E-state index contributed by atoms with van der Waals surface area (Å²) in [6.07, 6.45) is 3.65. The number of benzene rings is 2. The van der Waals surface area contributed by atoms with Crippen molar-refractivity contribution in [1.29, 1.82) is 0 Å². The van der Waals surface area contributed by atoms with Crippen molar-refractivity contribution in [3.63, 3.8) is 0 Å². The molecule has 1 amide bonds. The lowest BCUT2D eigenvalue weighted by atomic mass is 9.90. The summed E-state index contributed by atoms with van der Waals surface area (Å²) < 4.78 is 5.71. The number of Topliss-reactive ketones (excluding diaryl/α,β-unsaturated/α-hetero) is 1. The molecule has 138 valence electrons. The smallest absolute Gasteiger partial charge is 0.289 e. The predicted molar refractivity (Wildman–Crippen MR) is 107 cm³/mol. The number of carbonyl (C=O) groups excluding carboxylic acids is 2. The molecule has 0 spiro atoms. The Balaban J connectivity index is 1.49. The molecular weight excluding hydrogens is 358 g/mol. The first-order chi connectivity index (χ1) is 13.2. The predicted octanol–water partition coefficient (Wildman–Crippen LogP) is 4.89. The number of carbonyl (C=O) groups is 2. The van der Waals surface area contributed by atoms with Crippen molar-refractivity contribution in [3.05, 3.63) is 65.9 Å². The van der Waals surface area contributed by atoms with Crippen LogP contribution in [-0.4, -0.2) is 35.9 Å². The number of ketones is 1. The number of amides is 1. The first-order valence-electron chi connectivity index (χ1n) is 9.12. The fourth-order valence-electron chi connectivity index (χ4n) is 3.61. The molecule has 1 fully saturated rings. The van der Waals surface area contributed by atoms with Crippen LogP contribution in [0.5, 0.6) is 0 Å². The Bertz CT molecular complexity index is 944. The van der Waals surface area contributed by atoms with Crippen LogP contribution in [-0.2, 0) is 0 Å². The molecular formula is C22H21NO3S. The maximum atomic E-state index is 12.9. The number of nitrogens with zero attached hydrogens (tertiary/aromatic N) is 1. The van der Waals surface area contributed by atoms with Gasteiger partial charge in [-0.1, -0.05) is 30.3 Å². The van der Waals surface area contributed by atoms with Crippen molar-refractivity contribution < 1.29 is 14.0 Å². The van der Waals surface area contributed by atoms with Crippen LogP contribution in [0.15, 0.2) is 63.9 Å². The van der Waals surface area contributed by atoms with Gasteiger partial charge in [0.05, 0.1) is 0 Å². The van der Waals surface area contributed by atoms with E-state index in [9.17, 15) is 9.59 Å². The highest BCUT2D eigenvalue weighted by Crippen LogP contribution is 2.25. The third kappa shape index (κ3) is 3.65. The number of thioether (sulfide) groups is 1. The molecule has 27 heavy (non-hydrogen) atoms. The number of hydrogen-bond acceptors (Lipinski definition) is 4. The summed E-state index contributed by atoms with van der Waals surface area (Å²) in [4.78, 5) is 28.6. The summed E-state index contributed by atoms with van der Waals surface area (Å²) in [5, 5.41) is 0.916. The number of para-hydroxylation sites is 1. The van der Waals surface area contributed by atoms with Crippen molar-refractivity contribution in [3.8, 4) is 0 Å². The lowest BCUT2D eigenvalue weighted by molar-refractivity contribution is 0.0612. The van der Waals surface area contributed by atoms with E-state index in [0.29, 0.717) is 24.4 Å². The minimum Gasteiger partial charge on any atom is -0.451 e. The molecule has 1 atom stereocenters. The van der Waals surface area contributed by atoms with Crippen molar-refractivity contribution in [2.24, 2.45) is 5.92 Å². The van der Waals surface area contributed by atoms with Crippen molar-refractivity contribution in [1.82, 2.24) is 4.90 Å². The second-order valence-electron chi connectivity index (χ2n) is 6.83. The third-order valence-electron chi connectivity index (χ3n) is 5.09. The highest BCUT2D eigenvalue weighted by Gasteiger charge is 2.30. The average Bonchev–Trinajstić information content (AvgIpc) is 3.17. The second kappa shape index (κ2) is 7.61. The van der Waals surface area contributed by atoms with Crippen LogP contribution in [0, 0.1) is 5.92 Å². The normalized spacial score (nSPS) is 17.2. The van der Waals surface area contributed by atoms with Gasteiger partial charge in [0.1, 0.15) is 5.58 Å². The molecule has 4 nitrogen and oxygen atoms in total. The molecule has 1 aliphatic heterocycles. The fraction of sp³-hybridized carbons (Fsp3) is 0.273. The van der Waals surface area contributed by atoms with Crippen LogP contribution in [0.3, 0.4) is 0 Å². The van der Waals surface area contributed by atoms with Gasteiger partial charge in [-0.2, -0.15) is 0 Å². The minimum atomic E-state index is -0.160. The van der Waals surface area contributed by atoms with Gasteiger partial charge in [0.15, 0.2) is 11.5 Å². The standard InChI is InChI=1S/C22H21NO3S/c1-27-18-10-8-15(9-11-18)21(24)17-6-4-12-23(14-17)22(25)20-13-16-5-2-3-7-19(16)26-20/h2-3,5,7-11,13,17H,4,6,12,14H2,1H3/t17-/m0/s1. The van der Waals surface area contributed by atoms with Gasteiger partial charge in [-0.3, -0.25) is 9.59 Å². The Morgan fingerprint density at radius 1 is 1.11 bits per heavy atom. The van der Waals surface area contributed by atoms with E-state index < -0.39 is 0 Å². The lowest BCUT2D eigenvalue weighted by Crippen LogP contribution is -2.42. The van der Waals surface area contributed by atoms with Gasteiger partial charge >= 0.3 is 0 Å². The van der Waals surface area contributed by atoms with E-state index in [4.69, 9.17) is 4.42 Å². The lowest BCUT2D eigenvalue weighted by Gasteiger charge is -2.31. The molecule has 1 saturated heterocycles. The third-order valence-corrected chi connectivity index (χ3v) is 5.83. The molecule has 2 aromatic carbocycles. The Hall–Kier alpha value is -2.53. The van der Waals surface area contributed by atoms with E-state index in [1.807, 2.05) is 54.8 Å². The average molecular weight is 379 g/mol. The van der Waals surface area contributed by atoms with Crippen LogP contribution in [0.25, 0.3) is 11.0 Å². The summed E-state index contributed by atoms with van der Waals surface area (Å²) in [5.41, 5.74) is 1.43. The van der Waals surface area contributed by atoms with Gasteiger partial charge in [0.25, 0.3) is 5.91 Å². The summed E-state index contributed by atoms with van der Waals surface area (Å²) in [6, 6.07) is 17.1. The summed E-state index contributed by atoms with van der Waals surface area (Å²) in [5.74, 6) is 0.159. The van der Waals surface area contributed by atoms with E-state index in [2.05, 4.69) is 0 Å². The molecule has 4 rings (SSSR count). The number of rotatable bonds is 4. The van der Waals surface area contributed by atoms with Crippen LogP contribution < -0.4 is 0 Å². The molecule has 2 heterocycles. The van der Waals surface area contributed by atoms with E-state index >= 15 is 0 Å². The molecule has 0 aliphatic carbocycles. The zero-order valence-corrected chi connectivity index (χ0v) is 16.0. The number of furan rings is 1. The number of likely N-dealkylation sites (tertiary alicyclic amines) is 1. The molecule has 1 aliphatic rings. The highest BCUT2D eigenvalue weighted by atomic mass is 32.2. The quantitative estimate of drug-likeness (QED) is 0.478. The van der Waals surface area contributed by atoms with E-state index in [1.54, 1.807) is 22.7 Å². The molecule has 1 aromatic heterocycles. The zero-order chi connectivity index (χ0) is 18.8. The van der Waals surface area contributed by atoms with Gasteiger partial charge in [-0.25, -0.2) is 0 Å². The van der Waals surface area contributed by atoms with Crippen molar-refractivity contribution >= 4 is 34.4 Å². The zero-order valence-electron chi connectivity index (χ0n) is 15.2. The molecule has 5 heteroatoms. The summed E-state index contributed by atoms with van der Waals surface area (Å²) >= 11 is 1.65. The van der Waals surface area contributed by atoms with Crippen LogP contribution in [0.1, 0.15) is 33.8 Å². The highest BCUT2D eigenvalue weighted by molar-refractivity contribution is 7.98. The molecule has 0 bridgehead atoms. The molecule has 0 saturated carbocycles. The van der Waals surface area contributed by atoms with Crippen LogP contribution >= 0.6 is 11.8 Å². The first kappa shape index (κ1) is 17.9. The number of hydrogen-bond donors (Lipinski definition) is 0.